The summed E-state index contributed by atoms with van der Waals surface area (Å²) in [6.07, 6.45) is 3.25. The fourth-order valence-electron chi connectivity index (χ4n) is 1.52. The number of nitrogens with zero attached hydrogens (tertiary/aromatic N) is 1. The predicted molar refractivity (Wildman–Crippen MR) is 67.7 cm³/mol. The minimum Gasteiger partial charge on any atom is -0.481 e. The van der Waals surface area contributed by atoms with E-state index in [2.05, 4.69) is 12.6 Å². The molecule has 3 N–H and O–H groups in total. The Balaban J connectivity index is 2.91. The minimum absolute atomic E-state index is 0.201. The molecule has 0 aliphatic heterocycles. The first kappa shape index (κ1) is 15.2. The molecule has 0 aliphatic rings. The smallest absolute Gasteiger partial charge is 0.340 e. The average Bonchev–Trinajstić information content (AvgIpc) is 2.25. The van der Waals surface area contributed by atoms with E-state index < -0.39 is 19.2 Å². The highest BCUT2D eigenvalue weighted by Crippen LogP contribution is 2.42. The summed E-state index contributed by atoms with van der Waals surface area (Å²) >= 11 is 4.08. The number of pyridine rings is 1. The summed E-state index contributed by atoms with van der Waals surface area (Å²) in [4.78, 5) is 28.8. The molecule has 0 bridgehead atoms. The van der Waals surface area contributed by atoms with Gasteiger partial charge in [-0.15, -0.1) is 0 Å². The average molecular weight is 292 g/mol. The monoisotopic (exact) mass is 292 g/mol. The van der Waals surface area contributed by atoms with Gasteiger partial charge in [-0.25, -0.2) is 4.57 Å². The molecule has 18 heavy (non-hydrogen) atoms. The summed E-state index contributed by atoms with van der Waals surface area (Å²) < 4.78 is 12.9. The third-order valence-corrected chi connectivity index (χ3v) is 3.81. The van der Waals surface area contributed by atoms with E-state index in [0.717, 1.165) is 0 Å². The van der Waals surface area contributed by atoms with Crippen LogP contribution >= 0.6 is 20.2 Å². The van der Waals surface area contributed by atoms with Gasteiger partial charge in [0.15, 0.2) is 24.6 Å². The molecule has 1 aromatic heterocycles. The summed E-state index contributed by atoms with van der Waals surface area (Å²) in [5, 5.41) is 8.83. The van der Waals surface area contributed by atoms with Crippen LogP contribution in [0.25, 0.3) is 0 Å². The minimum atomic E-state index is -4.65. The summed E-state index contributed by atoms with van der Waals surface area (Å²) in [5.74, 6) is -0.873. The lowest BCUT2D eigenvalue weighted by Crippen LogP contribution is -2.35. The molecule has 0 saturated heterocycles. The number of rotatable bonds is 6. The lowest BCUT2D eigenvalue weighted by Gasteiger charge is -2.13. The zero-order valence-electron chi connectivity index (χ0n) is 9.51. The van der Waals surface area contributed by atoms with E-state index in [1.807, 2.05) is 0 Å². The molecular weight excluding hydrogens is 277 g/mol. The second-order valence-electron chi connectivity index (χ2n) is 3.82. The van der Waals surface area contributed by atoms with Crippen molar-refractivity contribution in [2.24, 2.45) is 0 Å². The van der Waals surface area contributed by atoms with E-state index in [1.54, 1.807) is 29.1 Å². The van der Waals surface area contributed by atoms with Gasteiger partial charge in [-0.2, -0.15) is 12.6 Å². The van der Waals surface area contributed by atoms with Gasteiger partial charge in [0.2, 0.25) is 0 Å². The number of aliphatic carboxylic acids is 1. The van der Waals surface area contributed by atoms with Gasteiger partial charge in [0.05, 0.1) is 0 Å². The molecule has 1 atom stereocenters. The quantitative estimate of drug-likeness (QED) is 0.338. The summed E-state index contributed by atoms with van der Waals surface area (Å²) in [5.41, 5.74) is -1.14. The predicted octanol–water partition coefficient (Wildman–Crippen LogP) is 0.0773. The zero-order chi connectivity index (χ0) is 13.8. The van der Waals surface area contributed by atoms with Crippen LogP contribution in [0.2, 0.25) is 0 Å². The maximum atomic E-state index is 11.1. The molecular formula is C10H15NO5PS+. The molecule has 1 unspecified atom stereocenters. The Labute approximate surface area is 110 Å². The summed E-state index contributed by atoms with van der Waals surface area (Å²) in [6, 6.07) is 3.35. The molecule has 6 nitrogen and oxygen atoms in total. The Morgan fingerprint density at radius 1 is 1.50 bits per heavy atom. The summed E-state index contributed by atoms with van der Waals surface area (Å²) in [7, 11) is -4.65. The van der Waals surface area contributed by atoms with Gasteiger partial charge in [-0.1, -0.05) is 0 Å². The van der Waals surface area contributed by atoms with E-state index in [0.29, 0.717) is 17.9 Å². The first-order chi connectivity index (χ1) is 8.34. The van der Waals surface area contributed by atoms with Crippen LogP contribution in [0.1, 0.15) is 5.56 Å². The zero-order valence-corrected chi connectivity index (χ0v) is 11.3. The number of hydrogen-bond donors (Lipinski definition) is 4. The topological polar surface area (TPSA) is 98.7 Å². The fourth-order valence-corrected chi connectivity index (χ4v) is 2.49. The van der Waals surface area contributed by atoms with Gasteiger partial charge in [0.1, 0.15) is 0 Å². The van der Waals surface area contributed by atoms with Crippen molar-refractivity contribution in [3.05, 3.63) is 30.1 Å². The van der Waals surface area contributed by atoms with Gasteiger partial charge < -0.3 is 14.9 Å². The largest absolute Gasteiger partial charge is 0.481 e. The van der Waals surface area contributed by atoms with E-state index in [9.17, 15) is 9.36 Å². The molecule has 0 aliphatic carbocycles. The normalized spacial score (nSPS) is 13.3. The maximum absolute atomic E-state index is 11.1. The standard InChI is InChI=1S/C10H14NO5PS/c12-10(13)9(17(14,15)16)6-8-2-1-3-11(7-8)4-5-18/h1-3,7,9H,4-6H2,(H3-,12,13,14,15,16,18)/p+1. The van der Waals surface area contributed by atoms with Crippen molar-refractivity contribution in [3.8, 4) is 0 Å². The Hall–Kier alpha value is -0.880. The van der Waals surface area contributed by atoms with Crippen LogP contribution in [0.4, 0.5) is 0 Å². The van der Waals surface area contributed by atoms with Gasteiger partial charge >= 0.3 is 13.6 Å². The molecule has 0 aromatic carbocycles. The highest BCUT2D eigenvalue weighted by Gasteiger charge is 2.36. The Kier molecular flexibility index (Phi) is 5.34. The molecule has 0 fully saturated rings. The van der Waals surface area contributed by atoms with Crippen molar-refractivity contribution in [1.82, 2.24) is 0 Å². The molecule has 100 valence electrons. The van der Waals surface area contributed by atoms with Crippen LogP contribution in [0.3, 0.4) is 0 Å². The highest BCUT2D eigenvalue weighted by molar-refractivity contribution is 7.80. The van der Waals surface area contributed by atoms with Crippen molar-refractivity contribution in [3.63, 3.8) is 0 Å². The molecule has 0 saturated carbocycles. The maximum Gasteiger partial charge on any atom is 0.340 e. The Bertz CT molecular complexity index is 475. The Morgan fingerprint density at radius 3 is 2.67 bits per heavy atom. The third kappa shape index (κ3) is 4.42. The van der Waals surface area contributed by atoms with Gasteiger partial charge in [0, 0.05) is 23.8 Å². The van der Waals surface area contributed by atoms with E-state index in [4.69, 9.17) is 14.9 Å². The molecule has 0 amide bonds. The fraction of sp³-hybridized carbons (Fsp3) is 0.400. The third-order valence-electron chi connectivity index (χ3n) is 2.40. The Morgan fingerprint density at radius 2 is 2.17 bits per heavy atom. The van der Waals surface area contributed by atoms with Crippen molar-refractivity contribution in [1.29, 1.82) is 0 Å². The number of carbonyl (C=O) groups is 1. The van der Waals surface area contributed by atoms with Crippen LogP contribution in [-0.2, 0) is 22.3 Å². The molecule has 1 aromatic rings. The molecule has 8 heteroatoms. The van der Waals surface area contributed by atoms with Crippen LogP contribution in [-0.4, -0.2) is 32.3 Å². The molecule has 1 rings (SSSR count). The van der Waals surface area contributed by atoms with Crippen LogP contribution in [0.5, 0.6) is 0 Å². The van der Waals surface area contributed by atoms with Crippen molar-refractivity contribution >= 4 is 26.2 Å². The van der Waals surface area contributed by atoms with Crippen molar-refractivity contribution in [2.75, 3.05) is 5.75 Å². The number of carboxylic acids is 1. The van der Waals surface area contributed by atoms with Crippen LogP contribution in [0.15, 0.2) is 24.5 Å². The van der Waals surface area contributed by atoms with E-state index >= 15 is 0 Å². The van der Waals surface area contributed by atoms with Gasteiger partial charge in [-0.05, 0) is 6.07 Å². The first-order valence-electron chi connectivity index (χ1n) is 5.21. The van der Waals surface area contributed by atoms with E-state index in [1.165, 1.54) is 0 Å². The highest BCUT2D eigenvalue weighted by atomic mass is 32.1. The molecule has 0 spiro atoms. The number of aryl methyl sites for hydroxylation is 1. The van der Waals surface area contributed by atoms with E-state index in [-0.39, 0.29) is 6.42 Å². The SMILES string of the molecule is O=C(O)C(Cc1ccc[n+](CCS)c1)P(=O)(O)O. The lowest BCUT2D eigenvalue weighted by molar-refractivity contribution is -0.692. The van der Waals surface area contributed by atoms with Crippen molar-refractivity contribution < 1.29 is 28.8 Å². The van der Waals surface area contributed by atoms with Crippen molar-refractivity contribution in [2.45, 2.75) is 18.6 Å². The number of thiol groups is 1. The van der Waals surface area contributed by atoms with Gasteiger partial charge in [-0.3, -0.25) is 9.36 Å². The first-order valence-corrected chi connectivity index (χ1v) is 7.53. The molecule has 0 radical (unpaired) electrons. The number of aromatic nitrogens is 1. The lowest BCUT2D eigenvalue weighted by atomic mass is 10.1. The molecule has 1 heterocycles. The van der Waals surface area contributed by atoms with Gasteiger partial charge in [0.25, 0.3) is 0 Å². The second kappa shape index (κ2) is 6.33. The number of carboxylic acid groups (broad SMARTS) is 1. The summed E-state index contributed by atoms with van der Waals surface area (Å²) in [6.45, 7) is 0.643. The number of hydrogen-bond acceptors (Lipinski definition) is 3. The van der Waals surface area contributed by atoms with Crippen LogP contribution < -0.4 is 4.57 Å². The second-order valence-corrected chi connectivity index (χ2v) is 6.07. The van der Waals surface area contributed by atoms with Crippen LogP contribution in [0, 0.1) is 0 Å².